The molecule has 1 heterocycles. The summed E-state index contributed by atoms with van der Waals surface area (Å²) in [5.74, 6) is 0. The minimum absolute atomic E-state index is 0.0850. The Morgan fingerprint density at radius 3 is 3.00 bits per heavy atom. The fourth-order valence-electron chi connectivity index (χ4n) is 1.43. The van der Waals surface area contributed by atoms with Crippen LogP contribution >= 0.6 is 23.2 Å². The van der Waals surface area contributed by atoms with Gasteiger partial charge in [-0.15, -0.1) is 0 Å². The molecule has 0 aromatic carbocycles. The lowest BCUT2D eigenvalue weighted by molar-refractivity contribution is -0.0334. The Bertz CT molecular complexity index is 188. The number of hydrogen-bond donors (Lipinski definition) is 1. The summed E-state index contributed by atoms with van der Waals surface area (Å²) in [4.78, 5) is 0. The molecule has 1 atom stereocenters. The first-order valence-electron chi connectivity index (χ1n) is 4.46. The van der Waals surface area contributed by atoms with Crippen LogP contribution in [0.4, 0.5) is 0 Å². The molecule has 1 aliphatic rings. The number of halogens is 2. The van der Waals surface area contributed by atoms with Gasteiger partial charge in [0.05, 0.1) is 17.2 Å². The van der Waals surface area contributed by atoms with Crippen molar-refractivity contribution >= 4 is 23.2 Å². The molecule has 1 fully saturated rings. The molecule has 0 aromatic rings. The van der Waals surface area contributed by atoms with Crippen LogP contribution in [0.25, 0.3) is 0 Å². The molecule has 76 valence electrons. The quantitative estimate of drug-likeness (QED) is 0.795. The van der Waals surface area contributed by atoms with E-state index in [1.807, 2.05) is 0 Å². The van der Waals surface area contributed by atoms with Gasteiger partial charge >= 0.3 is 0 Å². The number of piperidine rings is 1. The van der Waals surface area contributed by atoms with Crippen LogP contribution in [0.1, 0.15) is 19.8 Å². The van der Waals surface area contributed by atoms with Crippen LogP contribution in [0.5, 0.6) is 0 Å². The molecule has 0 radical (unpaired) electrons. The van der Waals surface area contributed by atoms with E-state index in [4.69, 9.17) is 27.9 Å². The summed E-state index contributed by atoms with van der Waals surface area (Å²) in [5.41, 5.74) is 1.26. The third-order valence-corrected chi connectivity index (χ3v) is 2.83. The molecule has 1 saturated heterocycles. The molecule has 2 nitrogen and oxygen atoms in total. The maximum Gasteiger partial charge on any atom is 0.0839 e. The summed E-state index contributed by atoms with van der Waals surface area (Å²) in [7, 11) is 0. The summed E-state index contributed by atoms with van der Waals surface area (Å²) < 4.78 is 5.68. The summed E-state index contributed by atoms with van der Waals surface area (Å²) in [6.07, 6.45) is 2.23. The van der Waals surface area contributed by atoms with Gasteiger partial charge in [0.25, 0.3) is 0 Å². The second-order valence-corrected chi connectivity index (χ2v) is 4.28. The number of hydrogen-bond acceptors (Lipinski definition) is 2. The van der Waals surface area contributed by atoms with Gasteiger partial charge in [-0.2, -0.15) is 0 Å². The van der Waals surface area contributed by atoms with Crippen LogP contribution in [-0.4, -0.2) is 25.3 Å². The average Bonchev–Trinajstić information content (AvgIpc) is 2.15. The molecule has 1 rings (SSSR count). The van der Waals surface area contributed by atoms with E-state index in [1.165, 1.54) is 5.54 Å². The van der Waals surface area contributed by atoms with Crippen molar-refractivity contribution in [3.05, 3.63) is 10.6 Å². The second kappa shape index (κ2) is 5.20. The minimum Gasteiger partial charge on any atom is -0.368 e. The van der Waals surface area contributed by atoms with E-state index in [9.17, 15) is 0 Å². The van der Waals surface area contributed by atoms with Crippen molar-refractivity contribution in [1.29, 1.82) is 0 Å². The molecule has 0 saturated carbocycles. The van der Waals surface area contributed by atoms with Gasteiger partial charge in [0.15, 0.2) is 0 Å². The summed E-state index contributed by atoms with van der Waals surface area (Å²) in [6.45, 7) is 4.47. The van der Waals surface area contributed by atoms with E-state index in [0.717, 1.165) is 25.9 Å². The zero-order chi connectivity index (χ0) is 9.73. The third kappa shape index (κ3) is 3.86. The Morgan fingerprint density at radius 2 is 2.46 bits per heavy atom. The monoisotopic (exact) mass is 223 g/mol. The first kappa shape index (κ1) is 11.3. The normalized spacial score (nSPS) is 30.5. The predicted molar refractivity (Wildman–Crippen MR) is 56.2 cm³/mol. The van der Waals surface area contributed by atoms with Gasteiger partial charge in [0.1, 0.15) is 0 Å². The number of nitrogens with one attached hydrogen (secondary N) is 1. The molecule has 0 amide bonds. The van der Waals surface area contributed by atoms with Crippen molar-refractivity contribution in [2.75, 3.05) is 19.7 Å². The average molecular weight is 224 g/mol. The third-order valence-electron chi connectivity index (χ3n) is 2.24. The molecule has 1 aliphatic heterocycles. The van der Waals surface area contributed by atoms with E-state index in [1.54, 1.807) is 0 Å². The molecular formula is C9H15Cl2NO. The van der Waals surface area contributed by atoms with Crippen molar-refractivity contribution < 1.29 is 4.74 Å². The van der Waals surface area contributed by atoms with Crippen LogP contribution < -0.4 is 5.32 Å². The van der Waals surface area contributed by atoms with Crippen molar-refractivity contribution in [2.45, 2.75) is 25.4 Å². The molecule has 0 aliphatic carbocycles. The summed E-state index contributed by atoms with van der Waals surface area (Å²) >= 11 is 11.2. The highest BCUT2D eigenvalue weighted by molar-refractivity contribution is 6.36. The van der Waals surface area contributed by atoms with E-state index in [0.29, 0.717) is 11.6 Å². The highest BCUT2D eigenvalue weighted by atomic mass is 35.5. The molecule has 4 heteroatoms. The Balaban J connectivity index is 2.33. The lowest BCUT2D eigenvalue weighted by Crippen LogP contribution is -2.45. The lowest BCUT2D eigenvalue weighted by atomic mass is 9.96. The van der Waals surface area contributed by atoms with Crippen LogP contribution in [0.3, 0.4) is 0 Å². The Hall–Kier alpha value is 0.240. The van der Waals surface area contributed by atoms with E-state index in [-0.39, 0.29) is 5.60 Å². The Morgan fingerprint density at radius 1 is 1.69 bits per heavy atom. The van der Waals surface area contributed by atoms with Gasteiger partial charge in [0, 0.05) is 12.1 Å². The van der Waals surface area contributed by atoms with Gasteiger partial charge in [-0.05, 0) is 26.3 Å². The number of rotatable bonds is 3. The van der Waals surface area contributed by atoms with Crippen molar-refractivity contribution in [1.82, 2.24) is 5.32 Å². The van der Waals surface area contributed by atoms with Crippen LogP contribution in [0.2, 0.25) is 0 Å². The first-order valence-corrected chi connectivity index (χ1v) is 5.27. The van der Waals surface area contributed by atoms with Gasteiger partial charge in [-0.3, -0.25) is 0 Å². The zero-order valence-corrected chi connectivity index (χ0v) is 9.29. The van der Waals surface area contributed by atoms with E-state index >= 15 is 0 Å². The topological polar surface area (TPSA) is 21.3 Å². The first-order chi connectivity index (χ1) is 6.16. The van der Waals surface area contributed by atoms with Crippen molar-refractivity contribution in [3.63, 3.8) is 0 Å². The summed E-state index contributed by atoms with van der Waals surface area (Å²) in [5, 5.41) is 3.85. The Labute approximate surface area is 89.2 Å². The fourth-order valence-corrected chi connectivity index (χ4v) is 1.54. The predicted octanol–water partition coefficient (Wildman–Crippen LogP) is 2.46. The standard InChI is InChI=1S/C9H15Cl2NO/c1-9(3-2-4-12-7-9)13-6-8(11)5-10/h5,12H,2-4,6-7H2,1H3/b8-5-. The molecule has 0 bridgehead atoms. The van der Waals surface area contributed by atoms with E-state index < -0.39 is 0 Å². The van der Waals surface area contributed by atoms with Crippen molar-refractivity contribution in [3.8, 4) is 0 Å². The largest absolute Gasteiger partial charge is 0.368 e. The highest BCUT2D eigenvalue weighted by Crippen LogP contribution is 2.21. The van der Waals surface area contributed by atoms with Gasteiger partial charge in [-0.1, -0.05) is 23.2 Å². The van der Waals surface area contributed by atoms with Gasteiger partial charge < -0.3 is 10.1 Å². The molecule has 0 aromatic heterocycles. The SMILES string of the molecule is CC1(OC/C(Cl)=C/Cl)CCCNC1. The molecule has 0 spiro atoms. The molecule has 1 unspecified atom stereocenters. The van der Waals surface area contributed by atoms with Gasteiger partial charge in [0.2, 0.25) is 0 Å². The molecule has 1 N–H and O–H groups in total. The lowest BCUT2D eigenvalue weighted by Gasteiger charge is -2.34. The number of ether oxygens (including phenoxy) is 1. The molecule has 13 heavy (non-hydrogen) atoms. The summed E-state index contributed by atoms with van der Waals surface area (Å²) in [6, 6.07) is 0. The highest BCUT2D eigenvalue weighted by Gasteiger charge is 2.27. The maximum atomic E-state index is 5.73. The van der Waals surface area contributed by atoms with Crippen LogP contribution in [0.15, 0.2) is 10.6 Å². The van der Waals surface area contributed by atoms with Crippen molar-refractivity contribution in [2.24, 2.45) is 0 Å². The van der Waals surface area contributed by atoms with Gasteiger partial charge in [-0.25, -0.2) is 0 Å². The molecular weight excluding hydrogens is 209 g/mol. The Kier molecular flexibility index (Phi) is 4.53. The van der Waals surface area contributed by atoms with Crippen LogP contribution in [-0.2, 0) is 4.74 Å². The minimum atomic E-state index is -0.0850. The fraction of sp³-hybridized carbons (Fsp3) is 0.778. The second-order valence-electron chi connectivity index (χ2n) is 3.57. The zero-order valence-electron chi connectivity index (χ0n) is 7.78. The van der Waals surface area contributed by atoms with E-state index in [2.05, 4.69) is 12.2 Å². The van der Waals surface area contributed by atoms with Crippen LogP contribution in [0, 0.1) is 0 Å². The smallest absolute Gasteiger partial charge is 0.0839 e. The maximum absolute atomic E-state index is 5.73.